The largest absolute Gasteiger partial charge is 0.345 e. The Morgan fingerprint density at radius 3 is 2.40 bits per heavy atom. The van der Waals surface area contributed by atoms with Crippen molar-refractivity contribution in [3.8, 4) is 0 Å². The molecule has 0 aromatic heterocycles. The number of amides is 1. The van der Waals surface area contributed by atoms with E-state index in [1.54, 1.807) is 6.07 Å². The molecule has 1 amide bonds. The zero-order valence-electron chi connectivity index (χ0n) is 13.7. The van der Waals surface area contributed by atoms with Crippen molar-refractivity contribution in [3.63, 3.8) is 0 Å². The fourth-order valence-electron chi connectivity index (χ4n) is 3.08. The maximum absolute atomic E-state index is 13.7. The van der Waals surface area contributed by atoms with Crippen molar-refractivity contribution in [2.24, 2.45) is 5.92 Å². The highest BCUT2D eigenvalue weighted by Crippen LogP contribution is 2.26. The number of halogens is 3. The maximum Gasteiger partial charge on any atom is 0.223 e. The summed E-state index contributed by atoms with van der Waals surface area (Å²) < 4.78 is 14.6. The average molecular weight is 428 g/mol. The fraction of sp³-hybridized carbons (Fsp3) is 0.316. The van der Waals surface area contributed by atoms with E-state index >= 15 is 0 Å². The van der Waals surface area contributed by atoms with Crippen LogP contribution in [0.1, 0.15) is 30.0 Å². The van der Waals surface area contributed by atoms with Gasteiger partial charge in [0.1, 0.15) is 5.82 Å². The summed E-state index contributed by atoms with van der Waals surface area (Å²) in [6.07, 6.45) is 1.67. The second kappa shape index (κ2) is 9.32. The van der Waals surface area contributed by atoms with Gasteiger partial charge in [-0.2, -0.15) is 0 Å². The van der Waals surface area contributed by atoms with Gasteiger partial charge in [-0.05, 0) is 61.3 Å². The second-order valence-corrected chi connectivity index (χ2v) is 6.99. The molecule has 0 aliphatic carbocycles. The van der Waals surface area contributed by atoms with Gasteiger partial charge in [0.05, 0.1) is 6.04 Å². The van der Waals surface area contributed by atoms with Crippen LogP contribution in [0, 0.1) is 11.7 Å². The van der Waals surface area contributed by atoms with E-state index in [1.807, 2.05) is 30.3 Å². The average Bonchev–Trinajstić information content (AvgIpc) is 2.60. The lowest BCUT2D eigenvalue weighted by Gasteiger charge is -2.26. The normalized spacial score (nSPS) is 15.9. The Kier molecular flexibility index (Phi) is 7.41. The summed E-state index contributed by atoms with van der Waals surface area (Å²) in [5.41, 5.74) is 1.67. The quantitative estimate of drug-likeness (QED) is 0.767. The van der Waals surface area contributed by atoms with Crippen LogP contribution in [0.4, 0.5) is 4.39 Å². The number of piperidine rings is 1. The van der Waals surface area contributed by atoms with Gasteiger partial charge in [0.2, 0.25) is 5.91 Å². The van der Waals surface area contributed by atoms with Crippen LogP contribution in [0.5, 0.6) is 0 Å². The first kappa shape index (κ1) is 19.9. The Morgan fingerprint density at radius 2 is 1.76 bits per heavy atom. The van der Waals surface area contributed by atoms with E-state index in [-0.39, 0.29) is 36.1 Å². The molecule has 2 N–H and O–H groups in total. The zero-order chi connectivity index (χ0) is 16.9. The molecule has 1 heterocycles. The van der Waals surface area contributed by atoms with E-state index in [9.17, 15) is 9.18 Å². The van der Waals surface area contributed by atoms with Gasteiger partial charge in [0.25, 0.3) is 0 Å². The minimum absolute atomic E-state index is 0. The molecule has 0 spiro atoms. The molecule has 2 aromatic carbocycles. The lowest BCUT2D eigenvalue weighted by atomic mass is 9.94. The van der Waals surface area contributed by atoms with Gasteiger partial charge in [-0.3, -0.25) is 4.79 Å². The van der Waals surface area contributed by atoms with Crippen molar-refractivity contribution < 1.29 is 9.18 Å². The molecule has 1 saturated heterocycles. The molecule has 1 aliphatic rings. The Hall–Kier alpha value is -1.43. The molecule has 0 bridgehead atoms. The van der Waals surface area contributed by atoms with Gasteiger partial charge < -0.3 is 10.6 Å². The van der Waals surface area contributed by atoms with Crippen molar-refractivity contribution >= 4 is 34.2 Å². The van der Waals surface area contributed by atoms with E-state index in [0.29, 0.717) is 0 Å². The van der Waals surface area contributed by atoms with Crippen molar-refractivity contribution in [3.05, 3.63) is 69.9 Å². The number of carbonyl (C=O) groups is 1. The van der Waals surface area contributed by atoms with Crippen LogP contribution < -0.4 is 10.6 Å². The molecule has 3 rings (SSSR count). The highest BCUT2D eigenvalue weighted by Gasteiger charge is 2.25. The number of hydrogen-bond donors (Lipinski definition) is 2. The number of nitrogens with one attached hydrogen (secondary N) is 2. The van der Waals surface area contributed by atoms with Gasteiger partial charge in [-0.1, -0.05) is 40.2 Å². The van der Waals surface area contributed by atoms with Crippen molar-refractivity contribution in [1.82, 2.24) is 10.6 Å². The Morgan fingerprint density at radius 1 is 1.12 bits per heavy atom. The van der Waals surface area contributed by atoms with Crippen molar-refractivity contribution in [2.45, 2.75) is 18.9 Å². The molecule has 1 atom stereocenters. The number of carbonyl (C=O) groups excluding carboxylic acids is 1. The lowest BCUT2D eigenvalue weighted by Crippen LogP contribution is -2.40. The molecule has 1 unspecified atom stereocenters. The molecule has 3 nitrogen and oxygen atoms in total. The summed E-state index contributed by atoms with van der Waals surface area (Å²) in [6.45, 7) is 1.72. The van der Waals surface area contributed by atoms with Gasteiger partial charge in [-0.15, -0.1) is 12.4 Å². The van der Waals surface area contributed by atoms with E-state index in [1.165, 1.54) is 12.1 Å². The molecule has 134 valence electrons. The first-order valence-corrected chi connectivity index (χ1v) is 8.95. The van der Waals surface area contributed by atoms with Crippen LogP contribution in [-0.4, -0.2) is 19.0 Å². The zero-order valence-corrected chi connectivity index (χ0v) is 16.1. The SMILES string of the molecule is Cl.O=C(NC(c1cccc(F)c1)c1cccc(Br)c1)C1CCNCC1. The van der Waals surface area contributed by atoms with E-state index in [2.05, 4.69) is 26.6 Å². The highest BCUT2D eigenvalue weighted by molar-refractivity contribution is 9.10. The van der Waals surface area contributed by atoms with E-state index in [4.69, 9.17) is 0 Å². The van der Waals surface area contributed by atoms with E-state index in [0.717, 1.165) is 41.5 Å². The van der Waals surface area contributed by atoms with Crippen molar-refractivity contribution in [2.75, 3.05) is 13.1 Å². The molecule has 1 fully saturated rings. The topological polar surface area (TPSA) is 41.1 Å². The summed E-state index contributed by atoms with van der Waals surface area (Å²) in [4.78, 5) is 12.7. The lowest BCUT2D eigenvalue weighted by molar-refractivity contribution is -0.126. The van der Waals surface area contributed by atoms with Crippen LogP contribution in [0.2, 0.25) is 0 Å². The molecule has 6 heteroatoms. The summed E-state index contributed by atoms with van der Waals surface area (Å²) >= 11 is 3.47. The molecule has 0 saturated carbocycles. The highest BCUT2D eigenvalue weighted by atomic mass is 79.9. The third-order valence-corrected chi connectivity index (χ3v) is 4.85. The molecule has 1 aliphatic heterocycles. The van der Waals surface area contributed by atoms with Crippen LogP contribution in [0.15, 0.2) is 53.0 Å². The fourth-order valence-corrected chi connectivity index (χ4v) is 3.49. The van der Waals surface area contributed by atoms with Gasteiger partial charge >= 0.3 is 0 Å². The Labute approximate surface area is 161 Å². The number of rotatable bonds is 4. The summed E-state index contributed by atoms with van der Waals surface area (Å²) in [5, 5.41) is 6.38. The third-order valence-electron chi connectivity index (χ3n) is 4.36. The second-order valence-electron chi connectivity index (χ2n) is 6.08. The molecule has 0 radical (unpaired) electrons. The first-order valence-electron chi connectivity index (χ1n) is 8.15. The molecule has 2 aromatic rings. The predicted molar refractivity (Wildman–Crippen MR) is 103 cm³/mol. The van der Waals surface area contributed by atoms with Crippen LogP contribution in [0.25, 0.3) is 0 Å². The summed E-state index contributed by atoms with van der Waals surface area (Å²) in [5.74, 6) is -0.260. The van der Waals surface area contributed by atoms with Crippen molar-refractivity contribution in [1.29, 1.82) is 0 Å². The monoisotopic (exact) mass is 426 g/mol. The first-order chi connectivity index (χ1) is 11.6. The number of hydrogen-bond acceptors (Lipinski definition) is 2. The molecular weight excluding hydrogens is 407 g/mol. The predicted octanol–water partition coefficient (Wildman–Crippen LogP) is 4.22. The van der Waals surface area contributed by atoms with Gasteiger partial charge in [0, 0.05) is 10.4 Å². The Bertz CT molecular complexity index is 677. The minimum Gasteiger partial charge on any atom is -0.345 e. The number of benzene rings is 2. The maximum atomic E-state index is 13.7. The summed E-state index contributed by atoms with van der Waals surface area (Å²) in [6, 6.07) is 13.8. The standard InChI is InChI=1S/C19H20BrFN2O.ClH/c20-16-5-1-3-14(11-16)18(15-4-2-6-17(21)12-15)23-19(24)13-7-9-22-10-8-13;/h1-6,11-13,18,22H,7-10H2,(H,23,24);1H. The van der Waals surface area contributed by atoms with Gasteiger partial charge in [0.15, 0.2) is 0 Å². The van der Waals surface area contributed by atoms with Gasteiger partial charge in [-0.25, -0.2) is 4.39 Å². The molecule has 25 heavy (non-hydrogen) atoms. The van der Waals surface area contributed by atoms with Crippen LogP contribution >= 0.6 is 28.3 Å². The Balaban J connectivity index is 0.00000225. The van der Waals surface area contributed by atoms with E-state index < -0.39 is 0 Å². The molecular formula is C19H21BrClFN2O. The van der Waals surface area contributed by atoms with Crippen LogP contribution in [0.3, 0.4) is 0 Å². The summed E-state index contributed by atoms with van der Waals surface area (Å²) in [7, 11) is 0. The smallest absolute Gasteiger partial charge is 0.223 e. The minimum atomic E-state index is -0.361. The van der Waals surface area contributed by atoms with Crippen LogP contribution in [-0.2, 0) is 4.79 Å². The third kappa shape index (κ3) is 5.27.